The summed E-state index contributed by atoms with van der Waals surface area (Å²) in [5.74, 6) is 1.97. The van der Waals surface area contributed by atoms with Crippen molar-refractivity contribution in [3.63, 3.8) is 0 Å². The van der Waals surface area contributed by atoms with E-state index in [4.69, 9.17) is 0 Å². The molecule has 0 spiro atoms. The molecule has 0 aromatic heterocycles. The molecule has 1 heterocycles. The number of amides is 1. The maximum Gasteiger partial charge on any atom is 0.234 e. The van der Waals surface area contributed by atoms with Crippen LogP contribution in [0.2, 0.25) is 0 Å². The van der Waals surface area contributed by atoms with Crippen molar-refractivity contribution in [2.75, 3.05) is 39.3 Å². The van der Waals surface area contributed by atoms with E-state index in [9.17, 15) is 4.79 Å². The van der Waals surface area contributed by atoms with E-state index < -0.39 is 0 Å². The summed E-state index contributed by atoms with van der Waals surface area (Å²) in [5.41, 5.74) is 0. The third-order valence-corrected chi connectivity index (χ3v) is 3.82. The van der Waals surface area contributed by atoms with Crippen molar-refractivity contribution in [2.45, 2.75) is 27.7 Å². The Morgan fingerprint density at radius 2 is 1.72 bits per heavy atom. The second kappa shape index (κ2) is 7.74. The highest BCUT2D eigenvalue weighted by Gasteiger charge is 2.19. The zero-order valence-electron chi connectivity index (χ0n) is 12.3. The highest BCUT2D eigenvalue weighted by Crippen LogP contribution is 2.19. The molecule has 1 rings (SSSR count). The molecule has 106 valence electrons. The van der Waals surface area contributed by atoms with Gasteiger partial charge in [-0.05, 0) is 17.8 Å². The molecule has 0 saturated carbocycles. The van der Waals surface area contributed by atoms with Gasteiger partial charge in [0.05, 0.1) is 6.54 Å². The number of nitrogens with zero attached hydrogens (tertiary/aromatic N) is 1. The van der Waals surface area contributed by atoms with Crippen LogP contribution in [0.5, 0.6) is 0 Å². The molecular weight excluding hydrogens is 226 g/mol. The van der Waals surface area contributed by atoms with Crippen LogP contribution in [0, 0.1) is 17.8 Å². The van der Waals surface area contributed by atoms with Gasteiger partial charge in [0.2, 0.25) is 5.91 Å². The van der Waals surface area contributed by atoms with Gasteiger partial charge in [0.15, 0.2) is 0 Å². The standard InChI is InChI=1S/C14H29N3O/c1-11(2)13(12(3)4)9-16-14(18)10-17-7-5-15-6-8-17/h11-13,15H,5-10H2,1-4H3,(H,16,18). The highest BCUT2D eigenvalue weighted by molar-refractivity contribution is 5.78. The van der Waals surface area contributed by atoms with Gasteiger partial charge in [0.25, 0.3) is 0 Å². The van der Waals surface area contributed by atoms with E-state index in [0.717, 1.165) is 32.7 Å². The van der Waals surface area contributed by atoms with Crippen LogP contribution in [0.25, 0.3) is 0 Å². The molecule has 1 aliphatic rings. The summed E-state index contributed by atoms with van der Waals surface area (Å²) in [6.07, 6.45) is 0. The van der Waals surface area contributed by atoms with Gasteiger partial charge < -0.3 is 10.6 Å². The Labute approximate surface area is 111 Å². The molecule has 0 aliphatic carbocycles. The van der Waals surface area contributed by atoms with Crippen LogP contribution in [0.3, 0.4) is 0 Å². The minimum absolute atomic E-state index is 0.170. The molecule has 4 nitrogen and oxygen atoms in total. The van der Waals surface area contributed by atoms with E-state index in [1.54, 1.807) is 0 Å². The van der Waals surface area contributed by atoms with Crippen LogP contribution >= 0.6 is 0 Å². The molecular formula is C14H29N3O. The van der Waals surface area contributed by atoms with Crippen molar-refractivity contribution in [3.05, 3.63) is 0 Å². The van der Waals surface area contributed by atoms with Gasteiger partial charge in [-0.1, -0.05) is 27.7 Å². The zero-order valence-corrected chi connectivity index (χ0v) is 12.3. The van der Waals surface area contributed by atoms with Crippen LogP contribution < -0.4 is 10.6 Å². The number of hydrogen-bond acceptors (Lipinski definition) is 3. The van der Waals surface area contributed by atoms with Gasteiger partial charge in [0, 0.05) is 32.7 Å². The summed E-state index contributed by atoms with van der Waals surface area (Å²) in [6.45, 7) is 14.2. The van der Waals surface area contributed by atoms with Gasteiger partial charge >= 0.3 is 0 Å². The molecule has 1 fully saturated rings. The molecule has 18 heavy (non-hydrogen) atoms. The first-order chi connectivity index (χ1) is 8.50. The zero-order chi connectivity index (χ0) is 13.5. The minimum atomic E-state index is 0.170. The molecule has 0 aromatic rings. The Morgan fingerprint density at radius 1 is 1.17 bits per heavy atom. The second-order valence-corrected chi connectivity index (χ2v) is 5.98. The van der Waals surface area contributed by atoms with Crippen LogP contribution in [-0.4, -0.2) is 50.1 Å². The number of carbonyl (C=O) groups excluding carboxylic acids is 1. The summed E-state index contributed by atoms with van der Waals surface area (Å²) in [6, 6.07) is 0. The monoisotopic (exact) mass is 255 g/mol. The fraction of sp³-hybridized carbons (Fsp3) is 0.929. The number of hydrogen-bond donors (Lipinski definition) is 2. The summed E-state index contributed by atoms with van der Waals surface area (Å²) in [5, 5.41) is 6.39. The molecule has 0 aromatic carbocycles. The first kappa shape index (κ1) is 15.4. The molecule has 1 saturated heterocycles. The molecule has 1 aliphatic heterocycles. The average Bonchev–Trinajstić information content (AvgIpc) is 2.29. The topological polar surface area (TPSA) is 44.4 Å². The minimum Gasteiger partial charge on any atom is -0.355 e. The normalized spacial score (nSPS) is 17.7. The van der Waals surface area contributed by atoms with Gasteiger partial charge in [-0.2, -0.15) is 0 Å². The van der Waals surface area contributed by atoms with Crippen molar-refractivity contribution in [1.82, 2.24) is 15.5 Å². The van der Waals surface area contributed by atoms with Crippen molar-refractivity contribution >= 4 is 5.91 Å². The van der Waals surface area contributed by atoms with Crippen LogP contribution in [-0.2, 0) is 4.79 Å². The highest BCUT2D eigenvalue weighted by atomic mass is 16.2. The first-order valence-corrected chi connectivity index (χ1v) is 7.20. The lowest BCUT2D eigenvalue weighted by atomic mass is 9.85. The summed E-state index contributed by atoms with van der Waals surface area (Å²) < 4.78 is 0. The van der Waals surface area contributed by atoms with E-state index in [1.165, 1.54) is 0 Å². The third kappa shape index (κ3) is 5.36. The average molecular weight is 255 g/mol. The molecule has 0 unspecified atom stereocenters. The number of piperazine rings is 1. The molecule has 4 heteroatoms. The Kier molecular flexibility index (Phi) is 6.65. The number of nitrogens with one attached hydrogen (secondary N) is 2. The van der Waals surface area contributed by atoms with Crippen molar-refractivity contribution in [2.24, 2.45) is 17.8 Å². The van der Waals surface area contributed by atoms with E-state index in [-0.39, 0.29) is 5.91 Å². The summed E-state index contributed by atoms with van der Waals surface area (Å²) in [7, 11) is 0. The Balaban J connectivity index is 2.26. The molecule has 0 atom stereocenters. The van der Waals surface area contributed by atoms with Crippen LogP contribution in [0.1, 0.15) is 27.7 Å². The largest absolute Gasteiger partial charge is 0.355 e. The Hall–Kier alpha value is -0.610. The van der Waals surface area contributed by atoms with Crippen molar-refractivity contribution in [1.29, 1.82) is 0 Å². The van der Waals surface area contributed by atoms with E-state index >= 15 is 0 Å². The molecule has 0 radical (unpaired) electrons. The maximum atomic E-state index is 11.9. The molecule has 0 bridgehead atoms. The van der Waals surface area contributed by atoms with E-state index in [1.807, 2.05) is 0 Å². The fourth-order valence-electron chi connectivity index (χ4n) is 2.60. The van der Waals surface area contributed by atoms with E-state index in [2.05, 4.69) is 43.2 Å². The van der Waals surface area contributed by atoms with Gasteiger partial charge in [-0.3, -0.25) is 9.69 Å². The Morgan fingerprint density at radius 3 is 2.22 bits per heavy atom. The smallest absolute Gasteiger partial charge is 0.234 e. The second-order valence-electron chi connectivity index (χ2n) is 5.98. The summed E-state index contributed by atoms with van der Waals surface area (Å²) in [4.78, 5) is 14.1. The summed E-state index contributed by atoms with van der Waals surface area (Å²) >= 11 is 0. The van der Waals surface area contributed by atoms with Crippen molar-refractivity contribution < 1.29 is 4.79 Å². The first-order valence-electron chi connectivity index (χ1n) is 7.20. The molecule has 1 amide bonds. The SMILES string of the molecule is CC(C)C(CNC(=O)CN1CCNCC1)C(C)C. The number of rotatable bonds is 6. The van der Waals surface area contributed by atoms with Crippen LogP contribution in [0.15, 0.2) is 0 Å². The van der Waals surface area contributed by atoms with Crippen molar-refractivity contribution in [3.8, 4) is 0 Å². The quantitative estimate of drug-likeness (QED) is 0.742. The number of carbonyl (C=O) groups is 1. The fourth-order valence-corrected chi connectivity index (χ4v) is 2.60. The van der Waals surface area contributed by atoms with Gasteiger partial charge in [0.1, 0.15) is 0 Å². The lowest BCUT2D eigenvalue weighted by Gasteiger charge is -2.28. The van der Waals surface area contributed by atoms with Gasteiger partial charge in [-0.25, -0.2) is 0 Å². The van der Waals surface area contributed by atoms with E-state index in [0.29, 0.717) is 24.3 Å². The molecule has 2 N–H and O–H groups in total. The Bertz CT molecular complexity index is 239. The maximum absolute atomic E-state index is 11.9. The predicted octanol–water partition coefficient (Wildman–Crippen LogP) is 0.936. The predicted molar refractivity (Wildman–Crippen MR) is 75.5 cm³/mol. The van der Waals surface area contributed by atoms with Gasteiger partial charge in [-0.15, -0.1) is 0 Å². The lowest BCUT2D eigenvalue weighted by molar-refractivity contribution is -0.122. The van der Waals surface area contributed by atoms with Crippen LogP contribution in [0.4, 0.5) is 0 Å². The lowest BCUT2D eigenvalue weighted by Crippen LogP contribution is -2.48. The third-order valence-electron chi connectivity index (χ3n) is 3.82.